The lowest BCUT2D eigenvalue weighted by molar-refractivity contribution is -0.119. The molecular formula is C8H9N3OS. The average Bonchev–Trinajstić information content (AvgIpc) is 2.61. The third-order valence-electron chi connectivity index (χ3n) is 1.42. The van der Waals surface area contributed by atoms with Gasteiger partial charge in [-0.15, -0.1) is 11.3 Å². The number of hydrogen-bond donors (Lipinski definition) is 2. The Hall–Kier alpha value is -1.38. The minimum Gasteiger partial charge on any atom is -0.350 e. The summed E-state index contributed by atoms with van der Waals surface area (Å²) in [4.78, 5) is 12.4. The minimum atomic E-state index is -0.188. The van der Waals surface area contributed by atoms with E-state index in [2.05, 4.69) is 5.32 Å². The van der Waals surface area contributed by atoms with Gasteiger partial charge in [0.2, 0.25) is 5.91 Å². The second kappa shape index (κ2) is 4.60. The van der Waals surface area contributed by atoms with E-state index >= 15 is 0 Å². The molecule has 1 heterocycles. The van der Waals surface area contributed by atoms with Crippen molar-refractivity contribution in [2.45, 2.75) is 6.54 Å². The molecule has 0 aliphatic heterocycles. The Morgan fingerprint density at radius 1 is 1.69 bits per heavy atom. The Kier molecular flexibility index (Phi) is 3.43. The van der Waals surface area contributed by atoms with Crippen LogP contribution in [0.3, 0.4) is 0 Å². The van der Waals surface area contributed by atoms with Crippen LogP contribution in [-0.4, -0.2) is 12.5 Å². The van der Waals surface area contributed by atoms with Crippen molar-refractivity contribution in [3.8, 4) is 6.07 Å². The summed E-state index contributed by atoms with van der Waals surface area (Å²) < 4.78 is 0. The lowest BCUT2D eigenvalue weighted by Gasteiger charge is -1.99. The van der Waals surface area contributed by atoms with Gasteiger partial charge in [0.1, 0.15) is 10.9 Å². The van der Waals surface area contributed by atoms with Crippen LogP contribution < -0.4 is 11.1 Å². The van der Waals surface area contributed by atoms with Crippen molar-refractivity contribution in [1.82, 2.24) is 5.32 Å². The van der Waals surface area contributed by atoms with Crippen LogP contribution in [0.15, 0.2) is 12.1 Å². The summed E-state index contributed by atoms with van der Waals surface area (Å²) in [7, 11) is 0. The number of nitrogens with zero attached hydrogens (tertiary/aromatic N) is 1. The van der Waals surface area contributed by atoms with Crippen molar-refractivity contribution in [1.29, 1.82) is 5.26 Å². The van der Waals surface area contributed by atoms with E-state index in [0.717, 1.165) is 4.88 Å². The number of thiophene rings is 1. The number of carbonyl (C=O) groups excluding carboxylic acids is 1. The van der Waals surface area contributed by atoms with Crippen molar-refractivity contribution >= 4 is 17.2 Å². The summed E-state index contributed by atoms with van der Waals surface area (Å²) in [5, 5.41) is 11.2. The molecule has 68 valence electrons. The van der Waals surface area contributed by atoms with Gasteiger partial charge in [-0.05, 0) is 12.1 Å². The molecule has 1 rings (SSSR count). The largest absolute Gasteiger partial charge is 0.350 e. The zero-order chi connectivity index (χ0) is 9.68. The second-order valence-electron chi connectivity index (χ2n) is 2.36. The minimum absolute atomic E-state index is 0.00349. The van der Waals surface area contributed by atoms with Crippen LogP contribution in [0, 0.1) is 11.3 Å². The maximum absolute atomic E-state index is 10.8. The number of rotatable bonds is 3. The van der Waals surface area contributed by atoms with Gasteiger partial charge in [-0.1, -0.05) is 0 Å². The fraction of sp³-hybridized carbons (Fsp3) is 0.250. The van der Waals surface area contributed by atoms with Gasteiger partial charge in [-0.25, -0.2) is 0 Å². The molecule has 0 aromatic carbocycles. The van der Waals surface area contributed by atoms with Gasteiger partial charge in [0, 0.05) is 4.88 Å². The second-order valence-corrected chi connectivity index (χ2v) is 3.53. The number of hydrogen-bond acceptors (Lipinski definition) is 4. The fourth-order valence-electron chi connectivity index (χ4n) is 0.791. The van der Waals surface area contributed by atoms with Gasteiger partial charge in [0.15, 0.2) is 0 Å². The highest BCUT2D eigenvalue weighted by molar-refractivity contribution is 7.12. The summed E-state index contributed by atoms with van der Waals surface area (Å²) in [5.41, 5.74) is 5.11. The lowest BCUT2D eigenvalue weighted by atomic mass is 10.4. The molecule has 1 aromatic rings. The predicted octanol–water partition coefficient (Wildman–Crippen LogP) is 0.195. The Morgan fingerprint density at radius 3 is 3.00 bits per heavy atom. The monoisotopic (exact) mass is 195 g/mol. The molecule has 3 N–H and O–H groups in total. The predicted molar refractivity (Wildman–Crippen MR) is 49.9 cm³/mol. The molecule has 1 amide bonds. The maximum Gasteiger partial charge on any atom is 0.234 e. The van der Waals surface area contributed by atoms with E-state index in [1.54, 1.807) is 6.07 Å². The highest BCUT2D eigenvalue weighted by atomic mass is 32.1. The molecule has 0 bridgehead atoms. The number of nitrogens with one attached hydrogen (secondary N) is 1. The van der Waals surface area contributed by atoms with Crippen LogP contribution in [0.5, 0.6) is 0 Å². The molecule has 1 aromatic heterocycles. The molecule has 0 saturated heterocycles. The lowest BCUT2D eigenvalue weighted by Crippen LogP contribution is -2.29. The normalized spacial score (nSPS) is 9.23. The van der Waals surface area contributed by atoms with Crippen LogP contribution >= 0.6 is 11.3 Å². The molecule has 0 atom stereocenters. The van der Waals surface area contributed by atoms with Gasteiger partial charge < -0.3 is 11.1 Å². The average molecular weight is 195 g/mol. The first kappa shape index (κ1) is 9.71. The van der Waals surface area contributed by atoms with Crippen LogP contribution in [0.1, 0.15) is 9.75 Å². The molecule has 0 unspecified atom stereocenters. The third-order valence-corrected chi connectivity index (χ3v) is 2.41. The highest BCUT2D eigenvalue weighted by Crippen LogP contribution is 2.14. The Labute approximate surface area is 80.0 Å². The van der Waals surface area contributed by atoms with Crippen molar-refractivity contribution in [3.05, 3.63) is 21.9 Å². The standard InChI is InChI=1S/C8H9N3OS/c9-3-6-1-2-7(13-6)5-11-8(12)4-10/h1-2H,4-5,10H2,(H,11,12). The highest BCUT2D eigenvalue weighted by Gasteiger charge is 2.00. The molecule has 13 heavy (non-hydrogen) atoms. The van der Waals surface area contributed by atoms with Crippen molar-refractivity contribution in [2.75, 3.05) is 6.54 Å². The maximum atomic E-state index is 10.8. The SMILES string of the molecule is N#Cc1ccc(CNC(=O)CN)s1. The van der Waals surface area contributed by atoms with E-state index in [-0.39, 0.29) is 12.5 Å². The van der Waals surface area contributed by atoms with Crippen LogP contribution in [0.4, 0.5) is 0 Å². The first-order valence-corrected chi connectivity index (χ1v) is 4.53. The zero-order valence-electron chi connectivity index (χ0n) is 6.91. The van der Waals surface area contributed by atoms with E-state index in [1.165, 1.54) is 11.3 Å². The van der Waals surface area contributed by atoms with Crippen molar-refractivity contribution < 1.29 is 4.79 Å². The van der Waals surface area contributed by atoms with Crippen LogP contribution in [0.25, 0.3) is 0 Å². The van der Waals surface area contributed by atoms with Crippen molar-refractivity contribution in [2.24, 2.45) is 5.73 Å². The third kappa shape index (κ3) is 2.86. The number of nitrogens with two attached hydrogens (primary N) is 1. The summed E-state index contributed by atoms with van der Waals surface area (Å²) in [6.45, 7) is 0.443. The van der Waals surface area contributed by atoms with E-state index in [1.807, 2.05) is 12.1 Å². The van der Waals surface area contributed by atoms with E-state index < -0.39 is 0 Å². The van der Waals surface area contributed by atoms with Gasteiger partial charge in [0.05, 0.1) is 13.1 Å². The summed E-state index contributed by atoms with van der Waals surface area (Å²) >= 11 is 1.37. The zero-order valence-corrected chi connectivity index (χ0v) is 7.73. The summed E-state index contributed by atoms with van der Waals surface area (Å²) in [6, 6.07) is 5.58. The van der Waals surface area contributed by atoms with E-state index in [0.29, 0.717) is 11.4 Å². The van der Waals surface area contributed by atoms with Gasteiger partial charge in [-0.3, -0.25) is 4.79 Å². The van der Waals surface area contributed by atoms with E-state index in [4.69, 9.17) is 11.0 Å². The molecule has 0 aliphatic rings. The molecule has 0 fully saturated rings. The Bertz CT molecular complexity index is 339. The number of carbonyl (C=O) groups is 1. The number of nitriles is 1. The van der Waals surface area contributed by atoms with Crippen LogP contribution in [0.2, 0.25) is 0 Å². The molecule has 0 aliphatic carbocycles. The Balaban J connectivity index is 2.46. The topological polar surface area (TPSA) is 78.9 Å². The first-order valence-electron chi connectivity index (χ1n) is 3.72. The van der Waals surface area contributed by atoms with Gasteiger partial charge >= 0.3 is 0 Å². The fourth-order valence-corrected chi connectivity index (χ4v) is 1.54. The molecule has 0 radical (unpaired) electrons. The quantitative estimate of drug-likeness (QED) is 0.722. The summed E-state index contributed by atoms with van der Waals surface area (Å²) in [6.07, 6.45) is 0. The summed E-state index contributed by atoms with van der Waals surface area (Å²) in [5.74, 6) is -0.188. The smallest absolute Gasteiger partial charge is 0.234 e. The molecule has 5 heteroatoms. The number of amides is 1. The molecule has 4 nitrogen and oxygen atoms in total. The molecule has 0 spiro atoms. The van der Waals surface area contributed by atoms with Crippen molar-refractivity contribution in [3.63, 3.8) is 0 Å². The van der Waals surface area contributed by atoms with E-state index in [9.17, 15) is 4.79 Å². The Morgan fingerprint density at radius 2 is 2.46 bits per heavy atom. The first-order chi connectivity index (χ1) is 6.26. The van der Waals surface area contributed by atoms with Crippen LogP contribution in [-0.2, 0) is 11.3 Å². The molecular weight excluding hydrogens is 186 g/mol. The molecule has 0 saturated carbocycles. The van der Waals surface area contributed by atoms with Gasteiger partial charge in [0.25, 0.3) is 0 Å². The van der Waals surface area contributed by atoms with Gasteiger partial charge in [-0.2, -0.15) is 5.26 Å².